The third-order valence-corrected chi connectivity index (χ3v) is 4.37. The number of halogens is 2. The minimum Gasteiger partial charge on any atom is -0.352 e. The third-order valence-electron chi connectivity index (χ3n) is 4.37. The van der Waals surface area contributed by atoms with E-state index in [2.05, 4.69) is 5.32 Å². The fourth-order valence-electron chi connectivity index (χ4n) is 3.44. The average Bonchev–Trinajstić information content (AvgIpc) is 2.97. The van der Waals surface area contributed by atoms with Crippen molar-refractivity contribution in [3.05, 3.63) is 35.4 Å². The molecular formula is C18H22F2N2O4. The normalized spacial score (nSPS) is 26.9. The molecule has 0 bridgehead atoms. The van der Waals surface area contributed by atoms with Crippen LogP contribution in [-0.4, -0.2) is 53.3 Å². The van der Waals surface area contributed by atoms with E-state index in [1.54, 1.807) is 27.7 Å². The Labute approximate surface area is 150 Å². The molecule has 3 rings (SSSR count). The van der Waals surface area contributed by atoms with E-state index in [4.69, 9.17) is 9.47 Å². The van der Waals surface area contributed by atoms with Crippen molar-refractivity contribution in [2.75, 3.05) is 6.54 Å². The molecule has 142 valence electrons. The highest BCUT2D eigenvalue weighted by Crippen LogP contribution is 2.37. The fraction of sp³-hybridized carbons (Fsp3) is 0.556. The summed E-state index contributed by atoms with van der Waals surface area (Å²) in [5, 5.41) is 2.76. The average molecular weight is 368 g/mol. The third kappa shape index (κ3) is 3.43. The highest BCUT2D eigenvalue weighted by Gasteiger charge is 2.56. The van der Waals surface area contributed by atoms with Crippen molar-refractivity contribution in [3.63, 3.8) is 0 Å². The largest absolute Gasteiger partial charge is 0.352 e. The van der Waals surface area contributed by atoms with E-state index in [0.717, 1.165) is 12.1 Å². The number of benzene rings is 1. The van der Waals surface area contributed by atoms with Gasteiger partial charge in [-0.3, -0.25) is 9.59 Å². The molecule has 6 nitrogen and oxygen atoms in total. The molecule has 2 fully saturated rings. The number of ether oxygens (including phenoxy) is 2. The fourth-order valence-corrected chi connectivity index (χ4v) is 3.44. The van der Waals surface area contributed by atoms with Crippen LogP contribution in [0.25, 0.3) is 0 Å². The van der Waals surface area contributed by atoms with E-state index >= 15 is 0 Å². The van der Waals surface area contributed by atoms with Crippen molar-refractivity contribution in [2.24, 2.45) is 0 Å². The van der Waals surface area contributed by atoms with Gasteiger partial charge < -0.3 is 19.7 Å². The number of carbonyl (C=O) groups excluding carboxylic acids is 2. The van der Waals surface area contributed by atoms with Crippen LogP contribution in [0.1, 0.15) is 38.1 Å². The quantitative estimate of drug-likeness (QED) is 0.884. The van der Waals surface area contributed by atoms with Crippen molar-refractivity contribution >= 4 is 11.8 Å². The van der Waals surface area contributed by atoms with E-state index in [-0.39, 0.29) is 18.2 Å². The van der Waals surface area contributed by atoms with Crippen LogP contribution in [0.3, 0.4) is 0 Å². The number of nitrogens with zero attached hydrogens (tertiary/aromatic N) is 1. The predicted octanol–water partition coefficient (Wildman–Crippen LogP) is 1.83. The van der Waals surface area contributed by atoms with E-state index in [9.17, 15) is 18.4 Å². The van der Waals surface area contributed by atoms with Gasteiger partial charge in [-0.05, 0) is 39.8 Å². The van der Waals surface area contributed by atoms with E-state index < -0.39 is 47.5 Å². The SMILES string of the molecule is CC(C)NC(=O)[C@@H]1[C@H]2OC(C)(C)O[C@H]2CN1C(=O)c1ccc(F)cc1F. The van der Waals surface area contributed by atoms with Gasteiger partial charge in [0.15, 0.2) is 5.79 Å². The van der Waals surface area contributed by atoms with Crippen molar-refractivity contribution in [1.29, 1.82) is 0 Å². The topological polar surface area (TPSA) is 67.9 Å². The summed E-state index contributed by atoms with van der Waals surface area (Å²) < 4.78 is 38.8. The molecule has 26 heavy (non-hydrogen) atoms. The Morgan fingerprint density at radius 3 is 2.58 bits per heavy atom. The van der Waals surface area contributed by atoms with Gasteiger partial charge in [-0.25, -0.2) is 8.78 Å². The molecular weight excluding hydrogens is 346 g/mol. The second-order valence-electron chi connectivity index (χ2n) is 7.33. The smallest absolute Gasteiger partial charge is 0.257 e. The number of nitrogens with one attached hydrogen (secondary N) is 1. The van der Waals surface area contributed by atoms with Crippen LogP contribution in [0.2, 0.25) is 0 Å². The first-order chi connectivity index (χ1) is 12.1. The Bertz CT molecular complexity index is 738. The lowest BCUT2D eigenvalue weighted by Crippen LogP contribution is -2.52. The molecule has 2 saturated heterocycles. The monoisotopic (exact) mass is 368 g/mol. The van der Waals surface area contributed by atoms with Gasteiger partial charge in [0.25, 0.3) is 5.91 Å². The molecule has 0 radical (unpaired) electrons. The van der Waals surface area contributed by atoms with Gasteiger partial charge in [-0.15, -0.1) is 0 Å². The first-order valence-corrected chi connectivity index (χ1v) is 8.51. The maximum atomic E-state index is 14.1. The van der Waals surface area contributed by atoms with Gasteiger partial charge >= 0.3 is 0 Å². The van der Waals surface area contributed by atoms with Gasteiger partial charge in [-0.1, -0.05) is 0 Å². The number of amides is 2. The number of hydrogen-bond donors (Lipinski definition) is 1. The highest BCUT2D eigenvalue weighted by molar-refractivity contribution is 5.98. The van der Waals surface area contributed by atoms with Crippen LogP contribution in [0.4, 0.5) is 8.78 Å². The molecule has 2 aliphatic rings. The second kappa shape index (κ2) is 6.59. The Balaban J connectivity index is 1.92. The Morgan fingerprint density at radius 2 is 1.96 bits per heavy atom. The van der Waals surface area contributed by atoms with Gasteiger partial charge in [0, 0.05) is 12.1 Å². The zero-order valence-corrected chi connectivity index (χ0v) is 15.1. The number of hydrogen-bond acceptors (Lipinski definition) is 4. The summed E-state index contributed by atoms with van der Waals surface area (Å²) in [4.78, 5) is 26.8. The molecule has 1 aromatic carbocycles. The first-order valence-electron chi connectivity index (χ1n) is 8.51. The summed E-state index contributed by atoms with van der Waals surface area (Å²) in [7, 11) is 0. The first kappa shape index (κ1) is 18.7. The number of rotatable bonds is 3. The molecule has 0 unspecified atom stereocenters. The van der Waals surface area contributed by atoms with Crippen molar-refractivity contribution < 1.29 is 27.8 Å². The van der Waals surface area contributed by atoms with Crippen LogP contribution in [0.5, 0.6) is 0 Å². The van der Waals surface area contributed by atoms with E-state index in [1.807, 2.05) is 0 Å². The van der Waals surface area contributed by atoms with Crippen molar-refractivity contribution in [3.8, 4) is 0 Å². The van der Waals surface area contributed by atoms with Crippen LogP contribution < -0.4 is 5.32 Å². The van der Waals surface area contributed by atoms with Crippen LogP contribution in [-0.2, 0) is 14.3 Å². The second-order valence-corrected chi connectivity index (χ2v) is 7.33. The Kier molecular flexibility index (Phi) is 4.74. The molecule has 0 aliphatic carbocycles. The summed E-state index contributed by atoms with van der Waals surface area (Å²) >= 11 is 0. The van der Waals surface area contributed by atoms with Crippen LogP contribution >= 0.6 is 0 Å². The molecule has 1 N–H and O–H groups in total. The Hall–Kier alpha value is -2.06. The standard InChI is InChI=1S/C18H22F2N2O4/c1-9(2)21-16(23)14-15-13(25-18(3,4)26-15)8-22(14)17(24)11-6-5-10(19)7-12(11)20/h5-7,9,13-15H,8H2,1-4H3,(H,21,23)/t13-,14-,15-/m0/s1. The molecule has 3 atom stereocenters. The zero-order chi connectivity index (χ0) is 19.2. The molecule has 2 aliphatic heterocycles. The summed E-state index contributed by atoms with van der Waals surface area (Å²) in [5.41, 5.74) is -0.298. The van der Waals surface area contributed by atoms with E-state index in [0.29, 0.717) is 6.07 Å². The Morgan fingerprint density at radius 1 is 1.27 bits per heavy atom. The van der Waals surface area contributed by atoms with Gasteiger partial charge in [0.2, 0.25) is 5.91 Å². The lowest BCUT2D eigenvalue weighted by molar-refractivity contribution is -0.162. The molecule has 0 aromatic heterocycles. The summed E-state index contributed by atoms with van der Waals surface area (Å²) in [6, 6.07) is 1.62. The summed E-state index contributed by atoms with van der Waals surface area (Å²) in [6.45, 7) is 7.14. The molecule has 2 heterocycles. The van der Waals surface area contributed by atoms with Crippen molar-refractivity contribution in [1.82, 2.24) is 10.2 Å². The predicted molar refractivity (Wildman–Crippen MR) is 88.3 cm³/mol. The summed E-state index contributed by atoms with van der Waals surface area (Å²) in [6.07, 6.45) is -1.16. The number of likely N-dealkylation sites (tertiary alicyclic amines) is 1. The minimum absolute atomic E-state index is 0.0833. The number of carbonyl (C=O) groups is 2. The number of fused-ring (bicyclic) bond motifs is 1. The minimum atomic E-state index is -0.975. The lowest BCUT2D eigenvalue weighted by Gasteiger charge is -2.29. The van der Waals surface area contributed by atoms with Crippen LogP contribution in [0.15, 0.2) is 18.2 Å². The summed E-state index contributed by atoms with van der Waals surface area (Å²) in [5.74, 6) is -3.73. The van der Waals surface area contributed by atoms with Crippen LogP contribution in [0, 0.1) is 11.6 Å². The molecule has 2 amide bonds. The molecule has 1 aromatic rings. The van der Waals surface area contributed by atoms with Gasteiger partial charge in [0.1, 0.15) is 29.9 Å². The molecule has 8 heteroatoms. The van der Waals surface area contributed by atoms with E-state index in [1.165, 1.54) is 4.90 Å². The molecule has 0 saturated carbocycles. The van der Waals surface area contributed by atoms with Gasteiger partial charge in [0.05, 0.1) is 12.1 Å². The van der Waals surface area contributed by atoms with Gasteiger partial charge in [-0.2, -0.15) is 0 Å². The van der Waals surface area contributed by atoms with Crippen molar-refractivity contribution in [2.45, 2.75) is 57.8 Å². The molecule has 0 spiro atoms. The maximum absolute atomic E-state index is 14.1. The zero-order valence-electron chi connectivity index (χ0n) is 15.1. The maximum Gasteiger partial charge on any atom is 0.257 e. The lowest BCUT2D eigenvalue weighted by atomic mass is 10.1. The highest BCUT2D eigenvalue weighted by atomic mass is 19.1.